The fraction of sp³-hybridized carbons (Fsp3) is 0.667. The molecule has 1 aromatic rings. The molecule has 0 unspecified atom stereocenters. The largest absolute Gasteiger partial charge is 0.465 e. The Morgan fingerprint density at radius 3 is 2.33 bits per heavy atom. The fourth-order valence-electron chi connectivity index (χ4n) is 4.27. The minimum absolute atomic E-state index is 0.136. The van der Waals surface area contributed by atoms with Crippen LogP contribution in [0.4, 0.5) is 5.00 Å². The van der Waals surface area contributed by atoms with Gasteiger partial charge in [-0.05, 0) is 37.5 Å². The van der Waals surface area contributed by atoms with E-state index in [1.807, 2.05) is 0 Å². The maximum absolute atomic E-state index is 12.5. The quantitative estimate of drug-likeness (QED) is 0.556. The summed E-state index contributed by atoms with van der Waals surface area (Å²) < 4.78 is 4.96. The Bertz CT molecular complexity index is 794. The van der Waals surface area contributed by atoms with E-state index in [0.717, 1.165) is 26.2 Å². The van der Waals surface area contributed by atoms with Gasteiger partial charge in [0.2, 0.25) is 0 Å². The molecule has 0 atom stereocenters. The molecule has 2 heterocycles. The molecule has 30 heavy (non-hydrogen) atoms. The van der Waals surface area contributed by atoms with Crippen molar-refractivity contribution in [2.75, 3.05) is 52.7 Å². The maximum atomic E-state index is 12.5. The van der Waals surface area contributed by atoms with Crippen LogP contribution in [0.25, 0.3) is 0 Å². The molecule has 2 fully saturated rings. The van der Waals surface area contributed by atoms with E-state index in [-0.39, 0.29) is 5.91 Å². The van der Waals surface area contributed by atoms with Gasteiger partial charge in [0, 0.05) is 46.3 Å². The molecule has 1 aromatic heterocycles. The summed E-state index contributed by atoms with van der Waals surface area (Å²) in [5.74, 6) is -0.600. The number of nitrogens with one attached hydrogen (secondary N) is 1. The number of piperazine rings is 1. The van der Waals surface area contributed by atoms with Crippen LogP contribution in [0.3, 0.4) is 0 Å². The van der Waals surface area contributed by atoms with Crippen molar-refractivity contribution in [1.29, 1.82) is 0 Å². The van der Waals surface area contributed by atoms with Crippen LogP contribution in [0.1, 0.15) is 57.7 Å². The third-order valence-corrected chi connectivity index (χ3v) is 7.61. The number of methoxy groups -OCH3 is 1. The molecular weight excluding hydrogens is 420 g/mol. The van der Waals surface area contributed by atoms with Crippen LogP contribution in [-0.4, -0.2) is 85.1 Å². The van der Waals surface area contributed by atoms with E-state index in [4.69, 9.17) is 17.0 Å². The molecule has 0 spiro atoms. The highest BCUT2D eigenvalue weighted by molar-refractivity contribution is 7.80. The summed E-state index contributed by atoms with van der Waals surface area (Å²) >= 11 is 6.91. The summed E-state index contributed by atoms with van der Waals surface area (Å²) in [5.41, 5.74) is 1.01. The zero-order valence-electron chi connectivity index (χ0n) is 18.3. The zero-order valence-corrected chi connectivity index (χ0v) is 20.0. The number of carbonyl (C=O) groups is 2. The molecule has 0 radical (unpaired) electrons. The SMILES string of the molecule is COC(=O)c1c(NC(=S)N2CCN(C3CCCCC3)CC2)sc(C(=O)N(C)C)c1C. The van der Waals surface area contributed by atoms with Crippen LogP contribution in [0.15, 0.2) is 0 Å². The smallest absolute Gasteiger partial charge is 0.341 e. The Morgan fingerprint density at radius 2 is 1.77 bits per heavy atom. The Kier molecular flexibility index (Phi) is 7.70. The number of thiocarbonyl (C=S) groups is 1. The third-order valence-electron chi connectivity index (χ3n) is 6.05. The van der Waals surface area contributed by atoms with Gasteiger partial charge in [-0.3, -0.25) is 9.69 Å². The van der Waals surface area contributed by atoms with Gasteiger partial charge < -0.3 is 19.9 Å². The number of amides is 1. The van der Waals surface area contributed by atoms with Crippen molar-refractivity contribution >= 4 is 45.5 Å². The van der Waals surface area contributed by atoms with Crippen LogP contribution >= 0.6 is 23.6 Å². The van der Waals surface area contributed by atoms with Gasteiger partial charge in [-0.25, -0.2) is 4.79 Å². The lowest BCUT2D eigenvalue weighted by Gasteiger charge is -2.41. The van der Waals surface area contributed by atoms with E-state index in [9.17, 15) is 9.59 Å². The molecule has 7 nitrogen and oxygen atoms in total. The molecule has 9 heteroatoms. The van der Waals surface area contributed by atoms with Crippen LogP contribution in [0.5, 0.6) is 0 Å². The minimum Gasteiger partial charge on any atom is -0.465 e. The summed E-state index contributed by atoms with van der Waals surface area (Å²) in [7, 11) is 4.74. The highest BCUT2D eigenvalue weighted by atomic mass is 32.1. The number of rotatable bonds is 4. The van der Waals surface area contributed by atoms with E-state index in [0.29, 0.717) is 32.2 Å². The van der Waals surface area contributed by atoms with Crippen molar-refractivity contribution in [3.8, 4) is 0 Å². The fourth-order valence-corrected chi connectivity index (χ4v) is 5.83. The van der Waals surface area contributed by atoms with Crippen molar-refractivity contribution in [2.45, 2.75) is 45.1 Å². The lowest BCUT2D eigenvalue weighted by atomic mass is 9.94. The van der Waals surface area contributed by atoms with Crippen molar-refractivity contribution in [2.24, 2.45) is 0 Å². The highest BCUT2D eigenvalue weighted by Gasteiger charge is 2.29. The van der Waals surface area contributed by atoms with Gasteiger partial charge in [0.25, 0.3) is 5.91 Å². The van der Waals surface area contributed by atoms with Gasteiger partial charge in [-0.2, -0.15) is 0 Å². The predicted molar refractivity (Wildman–Crippen MR) is 125 cm³/mol. The summed E-state index contributed by atoms with van der Waals surface area (Å²) in [4.78, 5) is 31.7. The summed E-state index contributed by atoms with van der Waals surface area (Å²) in [5, 5.41) is 4.40. The highest BCUT2D eigenvalue weighted by Crippen LogP contribution is 2.34. The standard InChI is InChI=1S/C21H32N4O3S2/c1-14-16(20(27)28-4)18(30-17(14)19(26)23(2)3)22-21(29)25-12-10-24(11-13-25)15-8-6-5-7-9-15/h15H,5-13H2,1-4H3,(H,22,29). The first-order valence-corrected chi connectivity index (χ1v) is 11.8. The van der Waals surface area contributed by atoms with E-state index < -0.39 is 5.97 Å². The summed E-state index contributed by atoms with van der Waals surface area (Å²) in [6, 6.07) is 0.716. The monoisotopic (exact) mass is 452 g/mol. The van der Waals surface area contributed by atoms with Gasteiger partial charge in [0.05, 0.1) is 17.6 Å². The Morgan fingerprint density at radius 1 is 1.13 bits per heavy atom. The number of anilines is 1. The van der Waals surface area contributed by atoms with E-state index in [1.54, 1.807) is 21.0 Å². The first-order valence-electron chi connectivity index (χ1n) is 10.6. The number of hydrogen-bond donors (Lipinski definition) is 1. The van der Waals surface area contributed by atoms with Crippen molar-refractivity contribution in [1.82, 2.24) is 14.7 Å². The average molecular weight is 453 g/mol. The lowest BCUT2D eigenvalue weighted by Crippen LogP contribution is -2.53. The van der Waals surface area contributed by atoms with Gasteiger partial charge in [-0.15, -0.1) is 11.3 Å². The number of esters is 1. The number of carbonyl (C=O) groups excluding carboxylic acids is 2. The molecule has 0 bridgehead atoms. The first-order chi connectivity index (χ1) is 14.3. The molecule has 1 saturated heterocycles. The number of hydrogen-bond acceptors (Lipinski definition) is 6. The molecule has 1 saturated carbocycles. The second-order valence-electron chi connectivity index (χ2n) is 8.20. The molecule has 2 aliphatic rings. The number of thiophene rings is 1. The Labute approximate surface area is 188 Å². The van der Waals surface area contributed by atoms with E-state index in [1.165, 1.54) is 55.5 Å². The van der Waals surface area contributed by atoms with Crippen molar-refractivity contribution in [3.05, 3.63) is 16.0 Å². The topological polar surface area (TPSA) is 65.1 Å². The minimum atomic E-state index is -0.464. The van der Waals surface area contributed by atoms with E-state index >= 15 is 0 Å². The number of ether oxygens (including phenoxy) is 1. The average Bonchev–Trinajstić information content (AvgIpc) is 3.08. The maximum Gasteiger partial charge on any atom is 0.341 e. The van der Waals surface area contributed by atoms with Gasteiger partial charge in [0.15, 0.2) is 5.11 Å². The van der Waals surface area contributed by atoms with Crippen molar-refractivity contribution < 1.29 is 14.3 Å². The lowest BCUT2D eigenvalue weighted by molar-refractivity contribution is 0.0601. The van der Waals surface area contributed by atoms with Crippen LogP contribution in [0, 0.1) is 6.92 Å². The van der Waals surface area contributed by atoms with Crippen LogP contribution in [0.2, 0.25) is 0 Å². The molecule has 1 aliphatic heterocycles. The van der Waals surface area contributed by atoms with Crippen LogP contribution < -0.4 is 5.32 Å². The Hall–Kier alpha value is -1.71. The molecule has 3 rings (SSSR count). The van der Waals surface area contributed by atoms with Gasteiger partial charge >= 0.3 is 5.97 Å². The summed E-state index contributed by atoms with van der Waals surface area (Å²) in [6.07, 6.45) is 6.66. The normalized spacial score (nSPS) is 18.2. The van der Waals surface area contributed by atoms with Gasteiger partial charge in [-0.1, -0.05) is 19.3 Å². The third kappa shape index (κ3) is 4.95. The van der Waals surface area contributed by atoms with Crippen LogP contribution in [-0.2, 0) is 4.74 Å². The molecule has 166 valence electrons. The van der Waals surface area contributed by atoms with E-state index in [2.05, 4.69) is 15.1 Å². The Balaban J connectivity index is 1.69. The second-order valence-corrected chi connectivity index (χ2v) is 9.60. The second kappa shape index (κ2) is 10.1. The molecule has 1 aliphatic carbocycles. The molecule has 0 aromatic carbocycles. The van der Waals surface area contributed by atoms with Crippen molar-refractivity contribution in [3.63, 3.8) is 0 Å². The molecule has 1 amide bonds. The van der Waals surface area contributed by atoms with Gasteiger partial charge in [0.1, 0.15) is 5.00 Å². The molecular formula is C21H32N4O3S2. The summed E-state index contributed by atoms with van der Waals surface area (Å²) in [6.45, 7) is 5.51. The number of nitrogens with zero attached hydrogens (tertiary/aromatic N) is 3. The first kappa shape index (κ1) is 23.0. The molecule has 1 N–H and O–H groups in total. The zero-order chi connectivity index (χ0) is 21.8. The predicted octanol–water partition coefficient (Wildman–Crippen LogP) is 3.19.